The molecule has 11 heteroatoms. The molecule has 0 amide bonds. The molecule has 0 aliphatic carbocycles. The van der Waals surface area contributed by atoms with Crippen LogP contribution < -0.4 is 9.62 Å². The van der Waals surface area contributed by atoms with Crippen molar-refractivity contribution in [3.05, 3.63) is 64.1 Å². The number of aromatic nitrogens is 2. The van der Waals surface area contributed by atoms with Crippen LogP contribution in [0.3, 0.4) is 0 Å². The molecule has 0 bridgehead atoms. The number of nitrogens with one attached hydrogen (secondary N) is 1. The Labute approximate surface area is 208 Å². The standard InChI is InChI=1S/C24H29F2N5O2S2/c1-4-19-11-20(7-8-31(19)13-17-10-18(25)5-6-21(17)26)30(3)22-12-27-24(9-16(22)2)35(32,33)29-23-14-34-15-28-23/h5-6,9-10,12,14-15,19-20,29H,4,7-8,11,13H2,1-3H3/t19-,20-/m0/s1. The van der Waals surface area contributed by atoms with E-state index < -0.39 is 15.8 Å². The van der Waals surface area contributed by atoms with E-state index >= 15 is 0 Å². The van der Waals surface area contributed by atoms with E-state index in [0.717, 1.165) is 43.1 Å². The lowest BCUT2D eigenvalue weighted by Crippen LogP contribution is -2.48. The molecule has 2 atom stereocenters. The molecule has 35 heavy (non-hydrogen) atoms. The van der Waals surface area contributed by atoms with E-state index in [1.165, 1.54) is 23.5 Å². The first-order valence-electron chi connectivity index (χ1n) is 11.5. The van der Waals surface area contributed by atoms with Gasteiger partial charge in [0.15, 0.2) is 10.8 Å². The molecule has 1 aliphatic rings. The molecule has 1 fully saturated rings. The molecule has 4 rings (SSSR count). The molecule has 1 aliphatic heterocycles. The summed E-state index contributed by atoms with van der Waals surface area (Å²) in [6.07, 6.45) is 4.18. The number of piperidine rings is 1. The van der Waals surface area contributed by atoms with Crippen LogP contribution in [0.4, 0.5) is 20.3 Å². The van der Waals surface area contributed by atoms with E-state index in [1.54, 1.807) is 23.2 Å². The topological polar surface area (TPSA) is 78.4 Å². The van der Waals surface area contributed by atoms with Gasteiger partial charge < -0.3 is 4.90 Å². The fraction of sp³-hybridized carbons (Fsp3) is 0.417. The van der Waals surface area contributed by atoms with Gasteiger partial charge in [0.05, 0.1) is 17.4 Å². The highest BCUT2D eigenvalue weighted by atomic mass is 32.2. The SMILES string of the molecule is CC[C@H]1C[C@@H](N(C)c2cnc(S(=O)(=O)Nc3cscn3)cc2C)CCN1Cc1cc(F)ccc1F. The van der Waals surface area contributed by atoms with E-state index in [4.69, 9.17) is 0 Å². The van der Waals surface area contributed by atoms with Crippen LogP contribution in [0.1, 0.15) is 37.3 Å². The normalized spacial score (nSPS) is 19.0. The van der Waals surface area contributed by atoms with Crippen molar-refractivity contribution < 1.29 is 17.2 Å². The minimum Gasteiger partial charge on any atom is -0.370 e. The number of hydrogen-bond donors (Lipinski definition) is 1. The number of thiazole rings is 1. The predicted octanol–water partition coefficient (Wildman–Crippen LogP) is 4.80. The van der Waals surface area contributed by atoms with Gasteiger partial charge in [0.25, 0.3) is 10.0 Å². The predicted molar refractivity (Wildman–Crippen MR) is 134 cm³/mol. The number of benzene rings is 1. The zero-order valence-electron chi connectivity index (χ0n) is 19.9. The van der Waals surface area contributed by atoms with E-state index in [9.17, 15) is 17.2 Å². The van der Waals surface area contributed by atoms with Gasteiger partial charge in [-0.25, -0.2) is 18.7 Å². The molecular weight excluding hydrogens is 492 g/mol. The molecule has 1 saturated heterocycles. The lowest BCUT2D eigenvalue weighted by Gasteiger charge is -2.43. The van der Waals surface area contributed by atoms with Crippen molar-refractivity contribution in [2.45, 2.75) is 56.8 Å². The zero-order chi connectivity index (χ0) is 25.2. The Morgan fingerprint density at radius 3 is 2.74 bits per heavy atom. The Morgan fingerprint density at radius 2 is 2.06 bits per heavy atom. The minimum absolute atomic E-state index is 0.0569. The van der Waals surface area contributed by atoms with Crippen LogP contribution in [0, 0.1) is 18.6 Å². The molecule has 2 aromatic heterocycles. The molecule has 7 nitrogen and oxygen atoms in total. The van der Waals surface area contributed by atoms with Crippen molar-refractivity contribution in [2.75, 3.05) is 23.2 Å². The molecule has 3 heterocycles. The third-order valence-corrected chi connectivity index (χ3v) is 8.43. The maximum absolute atomic E-state index is 14.2. The molecule has 188 valence electrons. The number of aryl methyl sites for hydroxylation is 1. The van der Waals surface area contributed by atoms with Crippen molar-refractivity contribution in [2.24, 2.45) is 0 Å². The van der Waals surface area contributed by atoms with Gasteiger partial charge in [-0.3, -0.25) is 9.62 Å². The first-order valence-corrected chi connectivity index (χ1v) is 13.9. The number of pyridine rings is 1. The maximum Gasteiger partial charge on any atom is 0.280 e. The average molecular weight is 522 g/mol. The highest BCUT2D eigenvalue weighted by molar-refractivity contribution is 7.92. The van der Waals surface area contributed by atoms with Gasteiger partial charge in [-0.1, -0.05) is 6.92 Å². The number of nitrogens with zero attached hydrogens (tertiary/aromatic N) is 4. The van der Waals surface area contributed by atoms with Crippen LogP contribution in [0.25, 0.3) is 0 Å². The molecule has 1 N–H and O–H groups in total. The first kappa shape index (κ1) is 25.5. The minimum atomic E-state index is -3.83. The molecule has 0 spiro atoms. The number of rotatable bonds is 8. The summed E-state index contributed by atoms with van der Waals surface area (Å²) < 4.78 is 55.6. The van der Waals surface area contributed by atoms with Crippen molar-refractivity contribution in [1.29, 1.82) is 0 Å². The Kier molecular flexibility index (Phi) is 7.67. The summed E-state index contributed by atoms with van der Waals surface area (Å²) in [6, 6.07) is 5.59. The summed E-state index contributed by atoms with van der Waals surface area (Å²) >= 11 is 1.30. The summed E-state index contributed by atoms with van der Waals surface area (Å²) in [4.78, 5) is 12.6. The highest BCUT2D eigenvalue weighted by Crippen LogP contribution is 2.30. The molecule has 0 unspecified atom stereocenters. The number of hydrogen-bond acceptors (Lipinski definition) is 7. The zero-order valence-corrected chi connectivity index (χ0v) is 21.5. The maximum atomic E-state index is 14.2. The van der Waals surface area contributed by atoms with Crippen LogP contribution >= 0.6 is 11.3 Å². The van der Waals surface area contributed by atoms with Gasteiger partial charge in [-0.05, 0) is 56.0 Å². The summed E-state index contributed by atoms with van der Waals surface area (Å²) in [5.74, 6) is -0.549. The Bertz CT molecular complexity index is 1270. The number of sulfonamides is 1. The van der Waals surface area contributed by atoms with Gasteiger partial charge >= 0.3 is 0 Å². The monoisotopic (exact) mass is 521 g/mol. The van der Waals surface area contributed by atoms with Gasteiger partial charge in [-0.15, -0.1) is 11.3 Å². The van der Waals surface area contributed by atoms with Gasteiger partial charge in [0.2, 0.25) is 0 Å². The lowest BCUT2D eigenvalue weighted by atomic mass is 9.93. The quantitative estimate of drug-likeness (QED) is 0.459. The summed E-state index contributed by atoms with van der Waals surface area (Å²) in [5, 5.41) is 1.56. The van der Waals surface area contributed by atoms with Crippen LogP contribution in [-0.4, -0.2) is 49.0 Å². The summed E-state index contributed by atoms with van der Waals surface area (Å²) in [7, 11) is -1.84. The van der Waals surface area contributed by atoms with E-state index in [1.807, 2.05) is 14.0 Å². The van der Waals surface area contributed by atoms with Crippen LogP contribution in [0.15, 0.2) is 46.4 Å². The average Bonchev–Trinajstić information content (AvgIpc) is 3.33. The van der Waals surface area contributed by atoms with Gasteiger partial charge in [-0.2, -0.15) is 8.42 Å². The van der Waals surface area contributed by atoms with Crippen LogP contribution in [0.2, 0.25) is 0 Å². The Balaban J connectivity index is 1.46. The highest BCUT2D eigenvalue weighted by Gasteiger charge is 2.31. The molecule has 3 aromatic rings. The van der Waals surface area contributed by atoms with Gasteiger partial charge in [0, 0.05) is 43.2 Å². The van der Waals surface area contributed by atoms with E-state index in [0.29, 0.717) is 12.1 Å². The lowest BCUT2D eigenvalue weighted by molar-refractivity contribution is 0.121. The third kappa shape index (κ3) is 5.79. The third-order valence-electron chi connectivity index (χ3n) is 6.59. The smallest absolute Gasteiger partial charge is 0.280 e. The van der Waals surface area contributed by atoms with Crippen molar-refractivity contribution in [3.63, 3.8) is 0 Å². The van der Waals surface area contributed by atoms with E-state index in [2.05, 4.69) is 31.4 Å². The summed E-state index contributed by atoms with van der Waals surface area (Å²) in [5.41, 5.74) is 3.59. The van der Waals surface area contributed by atoms with Gasteiger partial charge in [0.1, 0.15) is 11.6 Å². The van der Waals surface area contributed by atoms with Crippen LogP contribution in [0.5, 0.6) is 0 Å². The second kappa shape index (κ2) is 10.5. The summed E-state index contributed by atoms with van der Waals surface area (Å²) in [6.45, 7) is 5.09. The van der Waals surface area contributed by atoms with Crippen LogP contribution in [-0.2, 0) is 16.6 Å². The Hall–Kier alpha value is -2.63. The first-order chi connectivity index (χ1) is 16.7. The van der Waals surface area contributed by atoms with Crippen molar-refractivity contribution >= 4 is 32.9 Å². The second-order valence-corrected chi connectivity index (χ2v) is 11.2. The fourth-order valence-electron chi connectivity index (χ4n) is 4.64. The fourth-order valence-corrected chi connectivity index (χ4v) is 6.21. The molecule has 1 aromatic carbocycles. The van der Waals surface area contributed by atoms with E-state index in [-0.39, 0.29) is 28.7 Å². The van der Waals surface area contributed by atoms with Crippen molar-refractivity contribution in [3.8, 4) is 0 Å². The molecule has 0 saturated carbocycles. The number of likely N-dealkylation sites (tertiary alicyclic amines) is 1. The number of anilines is 2. The number of halogens is 2. The molecular formula is C24H29F2N5O2S2. The van der Waals surface area contributed by atoms with Crippen molar-refractivity contribution in [1.82, 2.24) is 14.9 Å². The largest absolute Gasteiger partial charge is 0.370 e. The Morgan fingerprint density at radius 1 is 1.26 bits per heavy atom. The molecule has 0 radical (unpaired) electrons. The second-order valence-electron chi connectivity index (χ2n) is 8.85.